The van der Waals surface area contributed by atoms with E-state index < -0.39 is 0 Å². The van der Waals surface area contributed by atoms with Gasteiger partial charge < -0.3 is 15.0 Å². The number of nitrogens with one attached hydrogen (secondary N) is 2. The van der Waals surface area contributed by atoms with E-state index in [2.05, 4.69) is 67.6 Å². The summed E-state index contributed by atoms with van der Waals surface area (Å²) in [6.07, 6.45) is 5.64. The Hall–Kier alpha value is -4.40. The highest BCUT2D eigenvalue weighted by atomic mass is 16.5. The Morgan fingerprint density at radius 3 is 2.64 bits per heavy atom. The second kappa shape index (κ2) is 11.5. The Bertz CT molecular complexity index is 1730. The summed E-state index contributed by atoms with van der Waals surface area (Å²) in [7, 11) is 0. The Kier molecular flexibility index (Phi) is 7.23. The quantitative estimate of drug-likeness (QED) is 0.259. The van der Waals surface area contributed by atoms with Crippen LogP contribution in [0.4, 0.5) is 0 Å². The minimum Gasteiger partial charge on any atom is -0.459 e. The summed E-state index contributed by atoms with van der Waals surface area (Å²) in [6.45, 7) is 6.14. The number of aromatic nitrogens is 4. The number of carbonyl (C=O) groups is 1. The van der Waals surface area contributed by atoms with E-state index in [0.717, 1.165) is 95.9 Å². The van der Waals surface area contributed by atoms with E-state index in [-0.39, 0.29) is 18.0 Å². The summed E-state index contributed by atoms with van der Waals surface area (Å²) in [4.78, 5) is 32.3. The van der Waals surface area contributed by atoms with Gasteiger partial charge in [-0.1, -0.05) is 36.4 Å². The largest absolute Gasteiger partial charge is 0.459 e. The molecule has 0 saturated carbocycles. The van der Waals surface area contributed by atoms with Crippen LogP contribution in [-0.2, 0) is 16.1 Å². The minimum atomic E-state index is -0.0381. The number of carbonyl (C=O) groups excluding carboxylic acids is 1. The molecule has 7 rings (SSSR count). The number of nitrogens with zero attached hydrogens (tertiary/aromatic N) is 4. The lowest BCUT2D eigenvalue weighted by Gasteiger charge is -2.34. The Morgan fingerprint density at radius 2 is 1.83 bits per heavy atom. The molecule has 8 heteroatoms. The summed E-state index contributed by atoms with van der Waals surface area (Å²) < 4.78 is 5.64. The molecule has 2 saturated heterocycles. The van der Waals surface area contributed by atoms with Gasteiger partial charge in [0.05, 0.1) is 34.8 Å². The third-order valence-electron chi connectivity index (χ3n) is 8.30. The molecule has 0 aliphatic carbocycles. The molecule has 0 radical (unpaired) electrons. The Balaban J connectivity index is 1.06. The molecule has 8 nitrogen and oxygen atoms in total. The number of hydrogen-bond acceptors (Lipinski definition) is 7. The van der Waals surface area contributed by atoms with Gasteiger partial charge in [-0.05, 0) is 67.8 Å². The van der Waals surface area contributed by atoms with Gasteiger partial charge in [-0.25, -0.2) is 4.98 Å². The molecule has 2 aliphatic rings. The smallest absolute Gasteiger partial charge is 0.310 e. The number of rotatable bonds is 7. The maximum atomic E-state index is 12.6. The number of aromatic amines is 1. The molecule has 1 atom stereocenters. The van der Waals surface area contributed by atoms with Gasteiger partial charge in [-0.15, -0.1) is 0 Å². The number of piperidine rings is 1. The highest BCUT2D eigenvalue weighted by Gasteiger charge is 2.30. The summed E-state index contributed by atoms with van der Waals surface area (Å²) in [5.74, 6) is -0.0679. The van der Waals surface area contributed by atoms with Crippen molar-refractivity contribution < 1.29 is 9.53 Å². The van der Waals surface area contributed by atoms with E-state index in [9.17, 15) is 4.79 Å². The first kappa shape index (κ1) is 26.5. The number of H-pyrrole nitrogens is 1. The van der Waals surface area contributed by atoms with Crippen molar-refractivity contribution in [1.82, 2.24) is 30.2 Å². The van der Waals surface area contributed by atoms with Crippen molar-refractivity contribution in [3.8, 4) is 33.8 Å². The zero-order valence-electron chi connectivity index (χ0n) is 23.7. The molecule has 2 aromatic carbocycles. The molecule has 0 bridgehead atoms. The third-order valence-corrected chi connectivity index (χ3v) is 8.30. The van der Waals surface area contributed by atoms with Gasteiger partial charge in [0.1, 0.15) is 6.10 Å². The molecular weight excluding hydrogens is 524 g/mol. The second-order valence-corrected chi connectivity index (χ2v) is 11.4. The van der Waals surface area contributed by atoms with Gasteiger partial charge in [0.2, 0.25) is 0 Å². The molecule has 42 heavy (non-hydrogen) atoms. The number of ether oxygens (including phenoxy) is 1. The SMILES string of the molecule is Cc1cccc(-c2[nH]cnc2-c2ccc3ncc(-c4ccc(CN5CCC[C@@H](C(=O)OC6CNC6)C5)cc4)cc3c2)n1. The molecule has 2 aliphatic heterocycles. The van der Waals surface area contributed by atoms with Crippen molar-refractivity contribution in [3.05, 3.63) is 90.5 Å². The molecule has 3 aromatic heterocycles. The molecule has 5 aromatic rings. The fourth-order valence-corrected chi connectivity index (χ4v) is 5.89. The van der Waals surface area contributed by atoms with Crippen LogP contribution in [0.15, 0.2) is 79.3 Å². The van der Waals surface area contributed by atoms with Gasteiger partial charge in [-0.3, -0.25) is 19.7 Å². The lowest BCUT2D eigenvalue weighted by atomic mass is 9.97. The van der Waals surface area contributed by atoms with E-state index >= 15 is 0 Å². The van der Waals surface area contributed by atoms with Crippen LogP contribution in [-0.4, -0.2) is 63.1 Å². The standard InChI is InChI=1S/C34H34N6O2/c1-22-4-2-6-31(39-22)33-32(37-21-38-33)25-11-12-30-27(14-25)15-28(16-36-30)24-9-7-23(8-10-24)19-40-13-3-5-26(20-40)34(41)42-29-17-35-18-29/h2,4,6-12,14-16,21,26,29,35H,3,5,13,17-20H2,1H3,(H,37,38)/t26-/m1/s1. The number of aryl methyl sites for hydroxylation is 1. The highest BCUT2D eigenvalue weighted by molar-refractivity contribution is 5.89. The van der Waals surface area contributed by atoms with E-state index in [1.165, 1.54) is 5.56 Å². The number of likely N-dealkylation sites (tertiary alicyclic amines) is 1. The monoisotopic (exact) mass is 558 g/mol. The summed E-state index contributed by atoms with van der Waals surface area (Å²) in [5.41, 5.74) is 9.01. The first-order valence-electron chi connectivity index (χ1n) is 14.7. The molecule has 0 unspecified atom stereocenters. The summed E-state index contributed by atoms with van der Waals surface area (Å²) in [5, 5.41) is 4.22. The van der Waals surface area contributed by atoms with Crippen LogP contribution < -0.4 is 5.32 Å². The molecule has 2 N–H and O–H groups in total. The topological polar surface area (TPSA) is 96.0 Å². The normalized spacial score (nSPS) is 17.7. The number of fused-ring (bicyclic) bond motifs is 1. The molecular formula is C34H34N6O2. The first-order chi connectivity index (χ1) is 20.6. The summed E-state index contributed by atoms with van der Waals surface area (Å²) in [6, 6.07) is 23.1. The number of imidazole rings is 1. The van der Waals surface area contributed by atoms with Crippen molar-refractivity contribution in [2.45, 2.75) is 32.4 Å². The van der Waals surface area contributed by atoms with E-state index in [1.807, 2.05) is 37.4 Å². The highest BCUT2D eigenvalue weighted by Crippen LogP contribution is 2.31. The predicted molar refractivity (Wildman–Crippen MR) is 163 cm³/mol. The Morgan fingerprint density at radius 1 is 1.00 bits per heavy atom. The number of hydrogen-bond donors (Lipinski definition) is 2. The first-order valence-corrected chi connectivity index (χ1v) is 14.7. The van der Waals surface area contributed by atoms with E-state index in [4.69, 9.17) is 9.72 Å². The average Bonchev–Trinajstić information content (AvgIpc) is 3.49. The lowest BCUT2D eigenvalue weighted by molar-refractivity contribution is -0.158. The second-order valence-electron chi connectivity index (χ2n) is 11.4. The van der Waals surface area contributed by atoms with Gasteiger partial charge in [0, 0.05) is 54.6 Å². The van der Waals surface area contributed by atoms with Crippen LogP contribution >= 0.6 is 0 Å². The van der Waals surface area contributed by atoms with Gasteiger partial charge in [0.15, 0.2) is 0 Å². The van der Waals surface area contributed by atoms with E-state index in [1.54, 1.807) is 6.33 Å². The minimum absolute atomic E-state index is 0.0298. The number of pyridine rings is 2. The average molecular weight is 559 g/mol. The van der Waals surface area contributed by atoms with Crippen LogP contribution in [0.25, 0.3) is 44.7 Å². The van der Waals surface area contributed by atoms with Crippen LogP contribution in [0.5, 0.6) is 0 Å². The van der Waals surface area contributed by atoms with Crippen molar-refractivity contribution in [2.75, 3.05) is 26.2 Å². The van der Waals surface area contributed by atoms with Gasteiger partial charge in [0.25, 0.3) is 0 Å². The number of esters is 1. The maximum absolute atomic E-state index is 12.6. The lowest BCUT2D eigenvalue weighted by Crippen LogP contribution is -2.51. The molecule has 0 amide bonds. The fraction of sp³-hybridized carbons (Fsp3) is 0.294. The third kappa shape index (κ3) is 5.55. The van der Waals surface area contributed by atoms with Crippen LogP contribution in [0.3, 0.4) is 0 Å². The van der Waals surface area contributed by atoms with Crippen molar-refractivity contribution in [1.29, 1.82) is 0 Å². The Labute approximate surface area is 245 Å². The van der Waals surface area contributed by atoms with Crippen LogP contribution in [0.2, 0.25) is 0 Å². The molecule has 5 heterocycles. The zero-order chi connectivity index (χ0) is 28.5. The number of benzene rings is 2. The van der Waals surface area contributed by atoms with Gasteiger partial charge in [-0.2, -0.15) is 0 Å². The fourth-order valence-electron chi connectivity index (χ4n) is 5.89. The molecule has 2 fully saturated rings. The van der Waals surface area contributed by atoms with Crippen molar-refractivity contribution in [3.63, 3.8) is 0 Å². The summed E-state index contributed by atoms with van der Waals surface area (Å²) >= 11 is 0. The van der Waals surface area contributed by atoms with Crippen LogP contribution in [0.1, 0.15) is 24.1 Å². The zero-order valence-corrected chi connectivity index (χ0v) is 23.7. The molecule has 0 spiro atoms. The van der Waals surface area contributed by atoms with Gasteiger partial charge >= 0.3 is 5.97 Å². The van der Waals surface area contributed by atoms with E-state index in [0.29, 0.717) is 0 Å². The predicted octanol–water partition coefficient (Wildman–Crippen LogP) is 5.39. The maximum Gasteiger partial charge on any atom is 0.310 e. The van der Waals surface area contributed by atoms with Crippen molar-refractivity contribution in [2.24, 2.45) is 5.92 Å². The molecule has 212 valence electrons. The van der Waals surface area contributed by atoms with Crippen molar-refractivity contribution >= 4 is 16.9 Å². The van der Waals surface area contributed by atoms with Crippen LogP contribution in [0, 0.1) is 12.8 Å².